The van der Waals surface area contributed by atoms with Gasteiger partial charge in [-0.2, -0.15) is 0 Å². The minimum atomic E-state index is 0.124. The molecule has 0 radical (unpaired) electrons. The van der Waals surface area contributed by atoms with Gasteiger partial charge in [0.05, 0.1) is 11.3 Å². The standard InChI is InChI=1S/C16H25N3O/c1-12(2)11-18-7-9-19(10-8-18)16(20)15-6-5-13(3)17-14(15)4/h5-6,12H,7-11H2,1-4H3. The zero-order valence-corrected chi connectivity index (χ0v) is 13.0. The molecule has 4 heteroatoms. The third kappa shape index (κ3) is 3.57. The predicted molar refractivity (Wildman–Crippen MR) is 80.9 cm³/mol. The van der Waals surface area contributed by atoms with Crippen molar-refractivity contribution in [2.75, 3.05) is 32.7 Å². The van der Waals surface area contributed by atoms with Crippen molar-refractivity contribution in [2.45, 2.75) is 27.7 Å². The molecule has 2 heterocycles. The molecule has 1 aromatic heterocycles. The lowest BCUT2D eigenvalue weighted by atomic mass is 10.1. The quantitative estimate of drug-likeness (QED) is 0.848. The summed E-state index contributed by atoms with van der Waals surface area (Å²) >= 11 is 0. The maximum atomic E-state index is 12.5. The number of amides is 1. The fourth-order valence-corrected chi connectivity index (χ4v) is 2.73. The van der Waals surface area contributed by atoms with Gasteiger partial charge in [0.2, 0.25) is 0 Å². The minimum absolute atomic E-state index is 0.124. The molecule has 0 spiro atoms. The molecule has 0 aromatic carbocycles. The van der Waals surface area contributed by atoms with Crippen LogP contribution in [-0.2, 0) is 0 Å². The molecule has 1 saturated heterocycles. The molecule has 2 rings (SSSR count). The van der Waals surface area contributed by atoms with E-state index in [0.29, 0.717) is 5.92 Å². The Morgan fingerprint density at radius 1 is 1.20 bits per heavy atom. The van der Waals surface area contributed by atoms with E-state index >= 15 is 0 Å². The molecule has 1 amide bonds. The molecule has 4 nitrogen and oxygen atoms in total. The van der Waals surface area contributed by atoms with Crippen LogP contribution >= 0.6 is 0 Å². The van der Waals surface area contributed by atoms with Crippen molar-refractivity contribution in [1.29, 1.82) is 0 Å². The van der Waals surface area contributed by atoms with Crippen molar-refractivity contribution in [2.24, 2.45) is 5.92 Å². The molecule has 0 saturated carbocycles. The topological polar surface area (TPSA) is 36.4 Å². The summed E-state index contributed by atoms with van der Waals surface area (Å²) in [5.41, 5.74) is 2.54. The Hall–Kier alpha value is -1.42. The summed E-state index contributed by atoms with van der Waals surface area (Å²) in [4.78, 5) is 21.3. The van der Waals surface area contributed by atoms with E-state index < -0.39 is 0 Å². The van der Waals surface area contributed by atoms with Crippen LogP contribution in [0.3, 0.4) is 0 Å². The van der Waals surface area contributed by atoms with Crippen LogP contribution in [0.2, 0.25) is 0 Å². The number of rotatable bonds is 3. The number of pyridine rings is 1. The number of aromatic nitrogens is 1. The number of aryl methyl sites for hydroxylation is 2. The van der Waals surface area contributed by atoms with Gasteiger partial charge < -0.3 is 4.90 Å². The first-order chi connectivity index (χ1) is 9.47. The van der Waals surface area contributed by atoms with E-state index in [1.807, 2.05) is 30.9 Å². The molecule has 1 aliphatic heterocycles. The van der Waals surface area contributed by atoms with Gasteiger partial charge in [-0.3, -0.25) is 14.7 Å². The summed E-state index contributed by atoms with van der Waals surface area (Å²) in [5.74, 6) is 0.806. The molecule has 1 aromatic rings. The molecule has 1 aliphatic rings. The van der Waals surface area contributed by atoms with Crippen LogP contribution < -0.4 is 0 Å². The molecule has 0 atom stereocenters. The molecule has 110 valence electrons. The van der Waals surface area contributed by atoms with Crippen molar-refractivity contribution >= 4 is 5.91 Å². The van der Waals surface area contributed by atoms with Gasteiger partial charge in [-0.1, -0.05) is 13.8 Å². The minimum Gasteiger partial charge on any atom is -0.336 e. The summed E-state index contributed by atoms with van der Waals surface area (Å²) in [7, 11) is 0. The maximum absolute atomic E-state index is 12.5. The largest absolute Gasteiger partial charge is 0.336 e. The van der Waals surface area contributed by atoms with E-state index in [1.54, 1.807) is 0 Å². The smallest absolute Gasteiger partial charge is 0.255 e. The second kappa shape index (κ2) is 6.35. The van der Waals surface area contributed by atoms with Gasteiger partial charge in [0.25, 0.3) is 5.91 Å². The van der Waals surface area contributed by atoms with Crippen molar-refractivity contribution < 1.29 is 4.79 Å². The Kier molecular flexibility index (Phi) is 4.76. The fraction of sp³-hybridized carbons (Fsp3) is 0.625. The molecule has 0 unspecified atom stereocenters. The molecular weight excluding hydrogens is 250 g/mol. The van der Waals surface area contributed by atoms with Gasteiger partial charge in [0.1, 0.15) is 0 Å². The van der Waals surface area contributed by atoms with Crippen molar-refractivity contribution in [1.82, 2.24) is 14.8 Å². The molecule has 1 fully saturated rings. The number of nitrogens with zero attached hydrogens (tertiary/aromatic N) is 3. The van der Waals surface area contributed by atoms with Crippen LogP contribution in [-0.4, -0.2) is 53.4 Å². The van der Waals surface area contributed by atoms with E-state index in [9.17, 15) is 4.79 Å². The molecule has 0 N–H and O–H groups in total. The molecule has 20 heavy (non-hydrogen) atoms. The van der Waals surface area contributed by atoms with Gasteiger partial charge in [-0.15, -0.1) is 0 Å². The second-order valence-corrected chi connectivity index (χ2v) is 6.07. The van der Waals surface area contributed by atoms with Crippen LogP contribution in [0, 0.1) is 19.8 Å². The van der Waals surface area contributed by atoms with Crippen molar-refractivity contribution in [3.05, 3.63) is 29.1 Å². The van der Waals surface area contributed by atoms with Crippen molar-refractivity contribution in [3.8, 4) is 0 Å². The van der Waals surface area contributed by atoms with Crippen LogP contribution in [0.25, 0.3) is 0 Å². The first-order valence-electron chi connectivity index (χ1n) is 7.43. The summed E-state index contributed by atoms with van der Waals surface area (Å²) in [6.07, 6.45) is 0. The number of carbonyl (C=O) groups is 1. The first kappa shape index (κ1) is 15.0. The highest BCUT2D eigenvalue weighted by Crippen LogP contribution is 2.13. The summed E-state index contributed by atoms with van der Waals surface area (Å²) in [6, 6.07) is 3.82. The summed E-state index contributed by atoms with van der Waals surface area (Å²) in [6.45, 7) is 13.0. The average Bonchev–Trinajstić information content (AvgIpc) is 2.38. The first-order valence-corrected chi connectivity index (χ1v) is 7.43. The Labute approximate surface area is 121 Å². The SMILES string of the molecule is Cc1ccc(C(=O)N2CCN(CC(C)C)CC2)c(C)n1. The lowest BCUT2D eigenvalue weighted by molar-refractivity contribution is 0.0622. The summed E-state index contributed by atoms with van der Waals surface area (Å²) < 4.78 is 0. The van der Waals surface area contributed by atoms with Gasteiger partial charge in [-0.05, 0) is 31.9 Å². The average molecular weight is 275 g/mol. The monoisotopic (exact) mass is 275 g/mol. The van der Waals surface area contributed by atoms with E-state index in [0.717, 1.165) is 49.7 Å². The van der Waals surface area contributed by atoms with E-state index in [2.05, 4.69) is 23.7 Å². The highest BCUT2D eigenvalue weighted by atomic mass is 16.2. The lowest BCUT2D eigenvalue weighted by Crippen LogP contribution is -2.49. The zero-order chi connectivity index (χ0) is 14.7. The van der Waals surface area contributed by atoms with Crippen LogP contribution in [0.1, 0.15) is 35.6 Å². The predicted octanol–water partition coefficient (Wildman–Crippen LogP) is 2.11. The van der Waals surface area contributed by atoms with Gasteiger partial charge in [-0.25, -0.2) is 0 Å². The molecular formula is C16H25N3O. The molecule has 0 aliphatic carbocycles. The van der Waals surface area contributed by atoms with Crippen LogP contribution in [0.15, 0.2) is 12.1 Å². The Morgan fingerprint density at radius 3 is 2.40 bits per heavy atom. The second-order valence-electron chi connectivity index (χ2n) is 6.07. The van der Waals surface area contributed by atoms with Gasteiger partial charge in [0.15, 0.2) is 0 Å². The number of hydrogen-bond donors (Lipinski definition) is 0. The number of piperazine rings is 1. The van der Waals surface area contributed by atoms with Gasteiger partial charge >= 0.3 is 0 Å². The van der Waals surface area contributed by atoms with E-state index in [-0.39, 0.29) is 5.91 Å². The highest BCUT2D eigenvalue weighted by molar-refractivity contribution is 5.95. The van der Waals surface area contributed by atoms with E-state index in [1.165, 1.54) is 0 Å². The molecule has 0 bridgehead atoms. The number of hydrogen-bond acceptors (Lipinski definition) is 3. The van der Waals surface area contributed by atoms with Crippen LogP contribution in [0.5, 0.6) is 0 Å². The normalized spacial score (nSPS) is 16.8. The Bertz CT molecular complexity index is 477. The number of carbonyl (C=O) groups excluding carboxylic acids is 1. The lowest BCUT2D eigenvalue weighted by Gasteiger charge is -2.35. The Balaban J connectivity index is 1.98. The Morgan fingerprint density at radius 2 is 1.85 bits per heavy atom. The van der Waals surface area contributed by atoms with Crippen molar-refractivity contribution in [3.63, 3.8) is 0 Å². The zero-order valence-electron chi connectivity index (χ0n) is 13.0. The maximum Gasteiger partial charge on any atom is 0.255 e. The third-order valence-corrected chi connectivity index (χ3v) is 3.74. The van der Waals surface area contributed by atoms with Gasteiger partial charge in [0, 0.05) is 38.4 Å². The fourth-order valence-electron chi connectivity index (χ4n) is 2.73. The highest BCUT2D eigenvalue weighted by Gasteiger charge is 2.23. The summed E-state index contributed by atoms with van der Waals surface area (Å²) in [5, 5.41) is 0. The van der Waals surface area contributed by atoms with E-state index in [4.69, 9.17) is 0 Å². The third-order valence-electron chi connectivity index (χ3n) is 3.74. The van der Waals surface area contributed by atoms with Crippen LogP contribution in [0.4, 0.5) is 0 Å².